The van der Waals surface area contributed by atoms with Gasteiger partial charge in [0.15, 0.2) is 0 Å². The normalized spacial score (nSPS) is 12.9. The Balaban J connectivity index is 2.11. The molecule has 0 amide bonds. The number of thiophene rings is 1. The van der Waals surface area contributed by atoms with Crippen molar-refractivity contribution in [2.24, 2.45) is 0 Å². The lowest BCUT2D eigenvalue weighted by atomic mass is 9.99. The summed E-state index contributed by atoms with van der Waals surface area (Å²) in [6.07, 6.45) is 3.93. The summed E-state index contributed by atoms with van der Waals surface area (Å²) in [7, 11) is 0. The predicted octanol–water partition coefficient (Wildman–Crippen LogP) is 2.91. The van der Waals surface area contributed by atoms with Crippen molar-refractivity contribution < 1.29 is 0 Å². The van der Waals surface area contributed by atoms with Crippen LogP contribution in [0.3, 0.4) is 0 Å². The molecule has 0 saturated carbocycles. The summed E-state index contributed by atoms with van der Waals surface area (Å²) in [6.45, 7) is 4.37. The number of nitrogens with zero attached hydrogens (tertiary/aromatic N) is 2. The topological polar surface area (TPSA) is 41.6 Å². The van der Waals surface area contributed by atoms with E-state index in [1.165, 1.54) is 9.75 Å². The van der Waals surface area contributed by atoms with Crippen LogP contribution in [0, 0.1) is 6.92 Å². The Bertz CT molecular complexity index is 405. The summed E-state index contributed by atoms with van der Waals surface area (Å²) in [4.78, 5) is 2.83. The Hall–Kier alpha value is -1.16. The highest BCUT2D eigenvalue weighted by Crippen LogP contribution is 2.29. The number of hydrogen-bond acceptors (Lipinski definition) is 3. The lowest BCUT2D eigenvalue weighted by Crippen LogP contribution is -2.00. The Morgan fingerprint density at radius 2 is 2.33 bits per heavy atom. The fraction of sp³-hybridized carbons (Fsp3) is 0.455. The molecule has 0 bridgehead atoms. The molecule has 0 radical (unpaired) electrons. The summed E-state index contributed by atoms with van der Waals surface area (Å²) in [6, 6.07) is 4.42. The minimum atomic E-state index is 0.578. The highest BCUT2D eigenvalue weighted by Gasteiger charge is 2.13. The van der Waals surface area contributed by atoms with Crippen LogP contribution in [0.25, 0.3) is 0 Å². The van der Waals surface area contributed by atoms with Gasteiger partial charge in [0.25, 0.3) is 0 Å². The molecule has 0 fully saturated rings. The van der Waals surface area contributed by atoms with Crippen LogP contribution < -0.4 is 0 Å². The lowest BCUT2D eigenvalue weighted by molar-refractivity contribution is 0.659. The van der Waals surface area contributed by atoms with Crippen molar-refractivity contribution >= 4 is 11.3 Å². The molecule has 15 heavy (non-hydrogen) atoms. The van der Waals surface area contributed by atoms with E-state index < -0.39 is 0 Å². The molecule has 2 heterocycles. The van der Waals surface area contributed by atoms with Crippen molar-refractivity contribution in [1.82, 2.24) is 15.4 Å². The average Bonchev–Trinajstić information content (AvgIpc) is 2.85. The third-order valence-electron chi connectivity index (χ3n) is 2.58. The molecule has 1 unspecified atom stereocenters. The van der Waals surface area contributed by atoms with E-state index in [0.29, 0.717) is 5.92 Å². The first-order valence-corrected chi connectivity index (χ1v) is 6.02. The Morgan fingerprint density at radius 3 is 2.87 bits per heavy atom. The predicted molar refractivity (Wildman–Crippen MR) is 62.2 cm³/mol. The van der Waals surface area contributed by atoms with Crippen molar-refractivity contribution in [2.45, 2.75) is 32.6 Å². The average molecular weight is 221 g/mol. The van der Waals surface area contributed by atoms with Crippen LogP contribution in [0.1, 0.15) is 34.7 Å². The van der Waals surface area contributed by atoms with Gasteiger partial charge in [0.2, 0.25) is 0 Å². The zero-order valence-electron chi connectivity index (χ0n) is 9.03. The Kier molecular flexibility index (Phi) is 3.16. The van der Waals surface area contributed by atoms with E-state index >= 15 is 0 Å². The van der Waals surface area contributed by atoms with Gasteiger partial charge in [-0.2, -0.15) is 15.4 Å². The standard InChI is InChI=1S/C11H15N3S/c1-3-9(6-10-7-12-14-13-10)11-5-4-8(2)15-11/h4-5,7,9H,3,6H2,1-2H3,(H,12,13,14). The monoisotopic (exact) mass is 221 g/mol. The zero-order valence-corrected chi connectivity index (χ0v) is 9.84. The maximum absolute atomic E-state index is 4.10. The van der Waals surface area contributed by atoms with Crippen molar-refractivity contribution in [3.8, 4) is 0 Å². The molecule has 2 aromatic rings. The van der Waals surface area contributed by atoms with Crippen LogP contribution in [0.15, 0.2) is 18.3 Å². The molecule has 0 aliphatic carbocycles. The molecule has 1 atom stereocenters. The molecule has 2 rings (SSSR count). The maximum Gasteiger partial charge on any atom is 0.0831 e. The molecular weight excluding hydrogens is 206 g/mol. The van der Waals surface area contributed by atoms with Crippen LogP contribution in [0.4, 0.5) is 0 Å². The summed E-state index contributed by atoms with van der Waals surface area (Å²) < 4.78 is 0. The fourth-order valence-electron chi connectivity index (χ4n) is 1.70. The second kappa shape index (κ2) is 4.57. The summed E-state index contributed by atoms with van der Waals surface area (Å²) in [5, 5.41) is 10.6. The van der Waals surface area contributed by atoms with E-state index in [-0.39, 0.29) is 0 Å². The Morgan fingerprint density at radius 1 is 1.47 bits per heavy atom. The first-order valence-electron chi connectivity index (χ1n) is 5.20. The quantitative estimate of drug-likeness (QED) is 0.862. The summed E-state index contributed by atoms with van der Waals surface area (Å²) in [5.74, 6) is 0.578. The molecular formula is C11H15N3S. The number of aryl methyl sites for hydroxylation is 1. The molecule has 4 heteroatoms. The highest BCUT2D eigenvalue weighted by molar-refractivity contribution is 7.12. The number of hydrogen-bond donors (Lipinski definition) is 1. The summed E-state index contributed by atoms with van der Waals surface area (Å²) >= 11 is 1.88. The van der Waals surface area contributed by atoms with E-state index in [9.17, 15) is 0 Å². The highest BCUT2D eigenvalue weighted by atomic mass is 32.1. The largest absolute Gasteiger partial charge is 0.198 e. The van der Waals surface area contributed by atoms with E-state index in [1.807, 2.05) is 17.5 Å². The van der Waals surface area contributed by atoms with Crippen LogP contribution in [0.5, 0.6) is 0 Å². The van der Waals surface area contributed by atoms with E-state index in [2.05, 4.69) is 41.4 Å². The van der Waals surface area contributed by atoms with Gasteiger partial charge in [-0.1, -0.05) is 6.92 Å². The Labute approximate surface area is 93.5 Å². The van der Waals surface area contributed by atoms with Gasteiger partial charge >= 0.3 is 0 Å². The molecule has 0 aromatic carbocycles. The summed E-state index contributed by atoms with van der Waals surface area (Å²) in [5.41, 5.74) is 1.05. The van der Waals surface area contributed by atoms with Gasteiger partial charge in [-0.3, -0.25) is 0 Å². The first-order chi connectivity index (χ1) is 7.29. The molecule has 3 nitrogen and oxygen atoms in total. The van der Waals surface area contributed by atoms with Crippen molar-refractivity contribution in [3.63, 3.8) is 0 Å². The molecule has 0 aliphatic heterocycles. The molecule has 2 aromatic heterocycles. The van der Waals surface area contributed by atoms with Gasteiger partial charge in [0.05, 0.1) is 11.9 Å². The minimum Gasteiger partial charge on any atom is -0.198 e. The number of aromatic amines is 1. The first kappa shape index (κ1) is 10.4. The van der Waals surface area contributed by atoms with Gasteiger partial charge in [0.1, 0.15) is 0 Å². The van der Waals surface area contributed by atoms with Gasteiger partial charge in [0, 0.05) is 16.2 Å². The van der Waals surface area contributed by atoms with Crippen LogP contribution in [-0.4, -0.2) is 15.4 Å². The van der Waals surface area contributed by atoms with E-state index in [4.69, 9.17) is 0 Å². The van der Waals surface area contributed by atoms with Gasteiger partial charge in [-0.15, -0.1) is 11.3 Å². The van der Waals surface area contributed by atoms with E-state index in [0.717, 1.165) is 18.5 Å². The number of rotatable bonds is 4. The molecule has 0 spiro atoms. The molecule has 0 aliphatic rings. The van der Waals surface area contributed by atoms with Crippen LogP contribution in [0.2, 0.25) is 0 Å². The SMILES string of the molecule is CCC(Cc1cn[nH]n1)c1ccc(C)s1. The van der Waals surface area contributed by atoms with Crippen molar-refractivity contribution in [1.29, 1.82) is 0 Å². The fourth-order valence-corrected chi connectivity index (χ4v) is 2.76. The smallest absolute Gasteiger partial charge is 0.0831 e. The molecule has 1 N–H and O–H groups in total. The minimum absolute atomic E-state index is 0.578. The van der Waals surface area contributed by atoms with Gasteiger partial charge < -0.3 is 0 Å². The second-order valence-corrected chi connectivity index (χ2v) is 5.04. The van der Waals surface area contributed by atoms with Gasteiger partial charge in [-0.25, -0.2) is 0 Å². The van der Waals surface area contributed by atoms with Crippen molar-refractivity contribution in [3.05, 3.63) is 33.8 Å². The third-order valence-corrected chi connectivity index (χ3v) is 3.74. The van der Waals surface area contributed by atoms with Crippen LogP contribution >= 0.6 is 11.3 Å². The third kappa shape index (κ3) is 2.45. The number of aromatic nitrogens is 3. The second-order valence-electron chi connectivity index (χ2n) is 3.72. The molecule has 0 saturated heterocycles. The van der Waals surface area contributed by atoms with E-state index in [1.54, 1.807) is 0 Å². The lowest BCUT2D eigenvalue weighted by Gasteiger charge is -2.10. The van der Waals surface area contributed by atoms with Crippen LogP contribution in [-0.2, 0) is 6.42 Å². The van der Waals surface area contributed by atoms with Gasteiger partial charge in [-0.05, 0) is 31.4 Å². The zero-order chi connectivity index (χ0) is 10.7. The maximum atomic E-state index is 4.10. The number of H-pyrrole nitrogens is 1. The molecule has 80 valence electrons. The van der Waals surface area contributed by atoms with Crippen molar-refractivity contribution in [2.75, 3.05) is 0 Å². The number of nitrogens with one attached hydrogen (secondary N) is 1.